The van der Waals surface area contributed by atoms with Crippen LogP contribution in [0.2, 0.25) is 0 Å². The smallest absolute Gasteiger partial charge is 0.305 e. The number of rotatable bonds is 6. The molecule has 0 bridgehead atoms. The molecule has 0 saturated carbocycles. The summed E-state index contributed by atoms with van der Waals surface area (Å²) in [6.45, 7) is 1.25. The molecule has 1 aliphatic rings. The van der Waals surface area contributed by atoms with Gasteiger partial charge in [0.25, 0.3) is 0 Å². The van der Waals surface area contributed by atoms with Gasteiger partial charge in [-0.3, -0.25) is 24.5 Å². The molecule has 4 N–H and O–H groups in total. The maximum Gasteiger partial charge on any atom is 0.305 e. The predicted molar refractivity (Wildman–Crippen MR) is 89.7 cm³/mol. The molecular formula is C16H19FN4O6. The van der Waals surface area contributed by atoms with Crippen molar-refractivity contribution < 1.29 is 28.8 Å². The molecule has 3 atom stereocenters. The summed E-state index contributed by atoms with van der Waals surface area (Å²) >= 11 is 0. The number of carbonyl (C=O) groups excluding carboxylic acids is 3. The number of carbonyl (C=O) groups is 3. The normalized spacial score (nSPS) is 20.2. The van der Waals surface area contributed by atoms with Crippen LogP contribution >= 0.6 is 0 Å². The number of nitro groups is 1. The zero-order valence-corrected chi connectivity index (χ0v) is 14.4. The summed E-state index contributed by atoms with van der Waals surface area (Å²) in [4.78, 5) is 46.8. The molecule has 2 rings (SSSR count). The molecule has 0 spiro atoms. The standard InChI is InChI=1S/C16H19FN4O6/c1-8(22)20-7-10(23)6-14(20)16(25)19-12(15(18)24)4-9-2-3-11(17)13(5-9)21(26)27/h2-3,5,10,12,14,23H,4,6-7H2,1H3,(H2,18,24)(H,19,25)/t10-,12-,14+/m1/s1. The van der Waals surface area contributed by atoms with E-state index in [2.05, 4.69) is 5.32 Å². The van der Waals surface area contributed by atoms with Crippen molar-refractivity contribution >= 4 is 23.4 Å². The number of likely N-dealkylation sites (tertiary alicyclic amines) is 1. The van der Waals surface area contributed by atoms with Gasteiger partial charge >= 0.3 is 5.69 Å². The van der Waals surface area contributed by atoms with E-state index in [-0.39, 0.29) is 24.9 Å². The summed E-state index contributed by atoms with van der Waals surface area (Å²) in [5.41, 5.74) is 4.75. The van der Waals surface area contributed by atoms with Crippen LogP contribution in [0.25, 0.3) is 0 Å². The van der Waals surface area contributed by atoms with Gasteiger partial charge in [-0.15, -0.1) is 0 Å². The quantitative estimate of drug-likeness (QED) is 0.433. The van der Waals surface area contributed by atoms with Crippen molar-refractivity contribution in [2.75, 3.05) is 6.54 Å². The van der Waals surface area contributed by atoms with Crippen molar-refractivity contribution in [2.24, 2.45) is 5.73 Å². The zero-order valence-electron chi connectivity index (χ0n) is 14.4. The molecular weight excluding hydrogens is 363 g/mol. The highest BCUT2D eigenvalue weighted by atomic mass is 19.1. The van der Waals surface area contributed by atoms with Crippen molar-refractivity contribution in [3.63, 3.8) is 0 Å². The van der Waals surface area contributed by atoms with E-state index in [9.17, 15) is 34.0 Å². The number of β-amino-alcohol motifs (C(OH)–C–C–N with tert-alkyl or cyclic N) is 1. The maximum atomic E-state index is 13.4. The number of aliphatic hydroxyl groups is 1. The largest absolute Gasteiger partial charge is 0.391 e. The first-order valence-corrected chi connectivity index (χ1v) is 8.08. The summed E-state index contributed by atoms with van der Waals surface area (Å²) in [6.07, 6.45) is -1.05. The average molecular weight is 382 g/mol. The molecule has 0 aliphatic carbocycles. The Morgan fingerprint density at radius 2 is 2.15 bits per heavy atom. The molecule has 27 heavy (non-hydrogen) atoms. The molecule has 0 radical (unpaired) electrons. The minimum absolute atomic E-state index is 0.00118. The van der Waals surface area contributed by atoms with Crippen LogP contribution in [0.5, 0.6) is 0 Å². The van der Waals surface area contributed by atoms with Crippen LogP contribution in [0.15, 0.2) is 18.2 Å². The highest BCUT2D eigenvalue weighted by Crippen LogP contribution is 2.21. The summed E-state index contributed by atoms with van der Waals surface area (Å²) in [7, 11) is 0. The number of nitro benzene ring substituents is 1. The zero-order chi connectivity index (χ0) is 20.3. The molecule has 0 aromatic heterocycles. The molecule has 1 aromatic rings. The van der Waals surface area contributed by atoms with Gasteiger partial charge < -0.3 is 21.1 Å². The molecule has 1 heterocycles. The van der Waals surface area contributed by atoms with Crippen LogP contribution in [-0.4, -0.2) is 57.4 Å². The summed E-state index contributed by atoms with van der Waals surface area (Å²) < 4.78 is 13.4. The van der Waals surface area contributed by atoms with Crippen molar-refractivity contribution in [3.05, 3.63) is 39.7 Å². The van der Waals surface area contributed by atoms with Gasteiger partial charge in [-0.1, -0.05) is 6.07 Å². The van der Waals surface area contributed by atoms with Crippen molar-refractivity contribution in [1.29, 1.82) is 0 Å². The number of benzene rings is 1. The first-order chi connectivity index (χ1) is 12.6. The van der Waals surface area contributed by atoms with E-state index in [1.165, 1.54) is 17.9 Å². The Bertz CT molecular complexity index is 786. The Labute approximate surface area is 153 Å². The van der Waals surface area contributed by atoms with Crippen molar-refractivity contribution in [3.8, 4) is 0 Å². The van der Waals surface area contributed by atoms with E-state index in [0.717, 1.165) is 12.1 Å². The lowest BCUT2D eigenvalue weighted by molar-refractivity contribution is -0.387. The Hall–Kier alpha value is -3.08. The van der Waals surface area contributed by atoms with Gasteiger partial charge in [0, 0.05) is 32.4 Å². The van der Waals surface area contributed by atoms with Crippen molar-refractivity contribution in [2.45, 2.75) is 38.0 Å². The third-order valence-corrected chi connectivity index (χ3v) is 4.29. The lowest BCUT2D eigenvalue weighted by Gasteiger charge is -2.24. The van der Waals surface area contributed by atoms with Gasteiger partial charge in [0.15, 0.2) is 0 Å². The van der Waals surface area contributed by atoms with E-state index in [1.54, 1.807) is 0 Å². The third kappa shape index (κ3) is 4.76. The number of hydrogen-bond donors (Lipinski definition) is 3. The fraction of sp³-hybridized carbons (Fsp3) is 0.438. The van der Waals surface area contributed by atoms with Crippen LogP contribution < -0.4 is 11.1 Å². The monoisotopic (exact) mass is 382 g/mol. The molecule has 3 amide bonds. The van der Waals surface area contributed by atoms with Crippen LogP contribution in [0.4, 0.5) is 10.1 Å². The van der Waals surface area contributed by atoms with Crippen LogP contribution in [0.3, 0.4) is 0 Å². The summed E-state index contributed by atoms with van der Waals surface area (Å²) in [5.74, 6) is -3.01. The fourth-order valence-electron chi connectivity index (χ4n) is 2.96. The molecule has 11 heteroatoms. The highest BCUT2D eigenvalue weighted by Gasteiger charge is 2.38. The maximum absolute atomic E-state index is 13.4. The van der Waals surface area contributed by atoms with Crippen molar-refractivity contribution in [1.82, 2.24) is 10.2 Å². The molecule has 10 nitrogen and oxygen atoms in total. The number of amides is 3. The number of halogens is 1. The molecule has 146 valence electrons. The minimum atomic E-state index is -1.23. The number of nitrogens with one attached hydrogen (secondary N) is 1. The van der Waals surface area contributed by atoms with E-state index >= 15 is 0 Å². The molecule has 1 saturated heterocycles. The van der Waals surface area contributed by atoms with Crippen LogP contribution in [-0.2, 0) is 20.8 Å². The van der Waals surface area contributed by atoms with Crippen LogP contribution in [0, 0.1) is 15.9 Å². The van der Waals surface area contributed by atoms with Gasteiger partial charge in [-0.05, 0) is 11.6 Å². The first kappa shape index (κ1) is 20.2. The van der Waals surface area contributed by atoms with Gasteiger partial charge in [-0.25, -0.2) is 0 Å². The Morgan fingerprint density at radius 1 is 1.48 bits per heavy atom. The number of nitrogens with zero attached hydrogens (tertiary/aromatic N) is 2. The first-order valence-electron chi connectivity index (χ1n) is 8.08. The van der Waals surface area contributed by atoms with E-state index in [4.69, 9.17) is 5.73 Å². The molecule has 0 unspecified atom stereocenters. The van der Waals surface area contributed by atoms with Crippen LogP contribution in [0.1, 0.15) is 18.9 Å². The van der Waals surface area contributed by atoms with E-state index < -0.39 is 52.3 Å². The number of nitrogens with two attached hydrogens (primary N) is 1. The van der Waals surface area contributed by atoms with E-state index in [0.29, 0.717) is 0 Å². The lowest BCUT2D eigenvalue weighted by atomic mass is 10.0. The minimum Gasteiger partial charge on any atom is -0.391 e. The van der Waals surface area contributed by atoms with E-state index in [1.807, 2.05) is 0 Å². The molecule has 1 aliphatic heterocycles. The average Bonchev–Trinajstić information content (AvgIpc) is 2.97. The second-order valence-electron chi connectivity index (χ2n) is 6.29. The number of aliphatic hydroxyl groups excluding tert-OH is 1. The second kappa shape index (κ2) is 8.08. The lowest BCUT2D eigenvalue weighted by Crippen LogP contribution is -2.52. The Morgan fingerprint density at radius 3 is 2.70 bits per heavy atom. The fourth-order valence-corrected chi connectivity index (χ4v) is 2.96. The second-order valence-corrected chi connectivity index (χ2v) is 6.29. The highest BCUT2D eigenvalue weighted by molar-refractivity contribution is 5.91. The molecule has 1 aromatic carbocycles. The summed E-state index contributed by atoms with van der Waals surface area (Å²) in [6, 6.07) is 0.901. The van der Waals surface area contributed by atoms with Gasteiger partial charge in [0.2, 0.25) is 23.5 Å². The molecule has 1 fully saturated rings. The number of hydrogen-bond acceptors (Lipinski definition) is 6. The summed E-state index contributed by atoms with van der Waals surface area (Å²) in [5, 5.41) is 22.9. The van der Waals surface area contributed by atoms with Gasteiger partial charge in [0.05, 0.1) is 11.0 Å². The number of primary amides is 1. The van der Waals surface area contributed by atoms with Gasteiger partial charge in [0.1, 0.15) is 12.1 Å². The third-order valence-electron chi connectivity index (χ3n) is 4.29. The Balaban J connectivity index is 2.15. The topological polar surface area (TPSA) is 156 Å². The SMILES string of the molecule is CC(=O)N1C[C@H](O)C[C@H]1C(=O)N[C@H](Cc1ccc(F)c([N+](=O)[O-])c1)C(N)=O. The Kier molecular flexibility index (Phi) is 6.05. The van der Waals surface area contributed by atoms with Gasteiger partial charge in [-0.2, -0.15) is 4.39 Å². The predicted octanol–water partition coefficient (Wildman–Crippen LogP) is -0.772.